The highest BCUT2D eigenvalue weighted by molar-refractivity contribution is 5.25. The second-order valence-electron chi connectivity index (χ2n) is 4.32. The van der Waals surface area contributed by atoms with Crippen LogP contribution in [-0.2, 0) is 13.1 Å². The molecule has 5 nitrogen and oxygen atoms in total. The van der Waals surface area contributed by atoms with Crippen molar-refractivity contribution in [3.05, 3.63) is 36.3 Å². The maximum Gasteiger partial charge on any atom is 0.219 e. The lowest BCUT2D eigenvalue weighted by Gasteiger charge is -2.05. The van der Waals surface area contributed by atoms with Crippen molar-refractivity contribution in [3.8, 4) is 11.6 Å². The predicted octanol–water partition coefficient (Wildman–Crippen LogP) is 2.59. The van der Waals surface area contributed by atoms with Gasteiger partial charge in [-0.2, -0.15) is 5.10 Å². The molecule has 2 heterocycles. The van der Waals surface area contributed by atoms with E-state index in [4.69, 9.17) is 4.74 Å². The van der Waals surface area contributed by atoms with Gasteiger partial charge in [-0.05, 0) is 24.6 Å². The Hall–Kier alpha value is -1.88. The molecule has 0 aliphatic rings. The molecule has 0 aliphatic carbocycles. The van der Waals surface area contributed by atoms with Gasteiger partial charge in [-0.15, -0.1) is 0 Å². The lowest BCUT2D eigenvalue weighted by atomic mass is 10.2. The van der Waals surface area contributed by atoms with Crippen LogP contribution < -0.4 is 10.1 Å². The van der Waals surface area contributed by atoms with Crippen molar-refractivity contribution in [3.63, 3.8) is 0 Å². The molecule has 0 amide bonds. The molecule has 0 aliphatic heterocycles. The molecular formula is C14H20N4O. The molecule has 0 unspecified atom stereocenters. The molecule has 0 aromatic carbocycles. The van der Waals surface area contributed by atoms with E-state index in [1.165, 1.54) is 0 Å². The van der Waals surface area contributed by atoms with Crippen LogP contribution in [0, 0.1) is 0 Å². The summed E-state index contributed by atoms with van der Waals surface area (Å²) in [5, 5.41) is 7.50. The topological polar surface area (TPSA) is 52.0 Å². The van der Waals surface area contributed by atoms with Crippen LogP contribution >= 0.6 is 0 Å². The summed E-state index contributed by atoms with van der Waals surface area (Å²) in [4.78, 5) is 4.21. The molecule has 1 N–H and O–H groups in total. The third-order valence-electron chi connectivity index (χ3n) is 2.66. The minimum Gasteiger partial charge on any atom is -0.436 e. The first-order valence-corrected chi connectivity index (χ1v) is 6.67. The first kappa shape index (κ1) is 13.5. The van der Waals surface area contributed by atoms with Crippen molar-refractivity contribution in [1.82, 2.24) is 20.1 Å². The van der Waals surface area contributed by atoms with E-state index < -0.39 is 0 Å². The minimum absolute atomic E-state index is 0.603. The number of nitrogens with one attached hydrogen (secondary N) is 1. The van der Waals surface area contributed by atoms with Gasteiger partial charge in [0.2, 0.25) is 5.88 Å². The van der Waals surface area contributed by atoms with Gasteiger partial charge in [-0.1, -0.05) is 13.8 Å². The zero-order chi connectivity index (χ0) is 13.5. The largest absolute Gasteiger partial charge is 0.436 e. The summed E-state index contributed by atoms with van der Waals surface area (Å²) in [5.74, 6) is 1.33. The van der Waals surface area contributed by atoms with E-state index in [2.05, 4.69) is 29.2 Å². The van der Waals surface area contributed by atoms with Crippen molar-refractivity contribution in [1.29, 1.82) is 0 Å². The van der Waals surface area contributed by atoms with Gasteiger partial charge in [0.1, 0.15) is 0 Å². The highest BCUT2D eigenvalue weighted by Crippen LogP contribution is 2.19. The summed E-state index contributed by atoms with van der Waals surface area (Å²) >= 11 is 0. The summed E-state index contributed by atoms with van der Waals surface area (Å²) < 4.78 is 7.58. The Labute approximate surface area is 113 Å². The number of ether oxygens (including phenoxy) is 1. The van der Waals surface area contributed by atoms with Crippen LogP contribution in [0.2, 0.25) is 0 Å². The van der Waals surface area contributed by atoms with E-state index >= 15 is 0 Å². The monoisotopic (exact) mass is 260 g/mol. The van der Waals surface area contributed by atoms with Gasteiger partial charge in [-0.3, -0.25) is 4.68 Å². The van der Waals surface area contributed by atoms with Crippen molar-refractivity contribution in [2.75, 3.05) is 6.54 Å². The molecule has 0 saturated heterocycles. The van der Waals surface area contributed by atoms with Crippen LogP contribution in [0.3, 0.4) is 0 Å². The first-order chi connectivity index (χ1) is 9.31. The fourth-order valence-electron chi connectivity index (χ4n) is 1.75. The predicted molar refractivity (Wildman–Crippen MR) is 74.2 cm³/mol. The molecule has 0 radical (unpaired) electrons. The van der Waals surface area contributed by atoms with Crippen molar-refractivity contribution >= 4 is 0 Å². The Morgan fingerprint density at radius 2 is 2.26 bits per heavy atom. The lowest BCUT2D eigenvalue weighted by molar-refractivity contribution is 0.460. The fourth-order valence-corrected chi connectivity index (χ4v) is 1.75. The molecular weight excluding hydrogens is 240 g/mol. The van der Waals surface area contributed by atoms with Gasteiger partial charge in [0.15, 0.2) is 5.75 Å². The van der Waals surface area contributed by atoms with Crippen molar-refractivity contribution < 1.29 is 4.74 Å². The third kappa shape index (κ3) is 4.06. The minimum atomic E-state index is 0.603. The summed E-state index contributed by atoms with van der Waals surface area (Å²) in [5.41, 5.74) is 1.16. The van der Waals surface area contributed by atoms with Gasteiger partial charge in [-0.25, -0.2) is 4.98 Å². The number of nitrogens with zero attached hydrogens (tertiary/aromatic N) is 3. The lowest BCUT2D eigenvalue weighted by Crippen LogP contribution is -2.11. The number of pyridine rings is 1. The van der Waals surface area contributed by atoms with Gasteiger partial charge < -0.3 is 10.1 Å². The molecule has 102 valence electrons. The van der Waals surface area contributed by atoms with E-state index in [0.29, 0.717) is 5.88 Å². The number of rotatable bonds is 7. The van der Waals surface area contributed by atoms with Gasteiger partial charge in [0, 0.05) is 25.4 Å². The fraction of sp³-hybridized carbons (Fsp3) is 0.429. The molecule has 0 atom stereocenters. The molecule has 0 spiro atoms. The van der Waals surface area contributed by atoms with Crippen LogP contribution in [0.5, 0.6) is 11.6 Å². The Morgan fingerprint density at radius 1 is 1.37 bits per heavy atom. The van der Waals surface area contributed by atoms with E-state index in [1.54, 1.807) is 12.4 Å². The highest BCUT2D eigenvalue weighted by atomic mass is 16.5. The smallest absolute Gasteiger partial charge is 0.219 e. The number of aryl methyl sites for hydroxylation is 1. The van der Waals surface area contributed by atoms with Crippen LogP contribution in [0.1, 0.15) is 25.8 Å². The van der Waals surface area contributed by atoms with Gasteiger partial charge in [0.05, 0.1) is 12.4 Å². The zero-order valence-corrected chi connectivity index (χ0v) is 11.5. The molecule has 0 bridgehead atoms. The van der Waals surface area contributed by atoms with Crippen LogP contribution in [0.4, 0.5) is 0 Å². The summed E-state index contributed by atoms with van der Waals surface area (Å²) in [6.07, 6.45) is 6.42. The number of hydrogen-bond acceptors (Lipinski definition) is 4. The summed E-state index contributed by atoms with van der Waals surface area (Å²) in [6, 6.07) is 3.93. The van der Waals surface area contributed by atoms with Crippen LogP contribution in [0.15, 0.2) is 30.7 Å². The Bertz CT molecular complexity index is 510. The Morgan fingerprint density at radius 3 is 3.05 bits per heavy atom. The number of aromatic nitrogens is 3. The average molecular weight is 260 g/mol. The van der Waals surface area contributed by atoms with E-state index in [1.807, 2.05) is 23.0 Å². The van der Waals surface area contributed by atoms with Crippen molar-refractivity contribution in [2.45, 2.75) is 33.4 Å². The molecule has 2 rings (SSSR count). The molecule has 0 saturated carbocycles. The van der Waals surface area contributed by atoms with Crippen LogP contribution in [-0.4, -0.2) is 21.3 Å². The van der Waals surface area contributed by atoms with E-state index in [-0.39, 0.29) is 0 Å². The van der Waals surface area contributed by atoms with Crippen LogP contribution in [0.25, 0.3) is 0 Å². The maximum atomic E-state index is 5.70. The Balaban J connectivity index is 2.01. The molecule has 0 fully saturated rings. The van der Waals surface area contributed by atoms with Crippen molar-refractivity contribution in [2.24, 2.45) is 0 Å². The molecule has 2 aromatic rings. The number of hydrogen-bond donors (Lipinski definition) is 1. The van der Waals surface area contributed by atoms with Gasteiger partial charge >= 0.3 is 0 Å². The second kappa shape index (κ2) is 6.89. The normalized spacial score (nSPS) is 10.6. The van der Waals surface area contributed by atoms with E-state index in [9.17, 15) is 0 Å². The molecule has 19 heavy (non-hydrogen) atoms. The SMILES string of the molecule is CCCn1cc(Oc2cc(CNCC)ccn2)cn1. The molecule has 2 aromatic heterocycles. The van der Waals surface area contributed by atoms with Gasteiger partial charge in [0.25, 0.3) is 0 Å². The first-order valence-electron chi connectivity index (χ1n) is 6.67. The summed E-state index contributed by atoms with van der Waals surface area (Å²) in [6.45, 7) is 6.87. The zero-order valence-electron chi connectivity index (χ0n) is 11.5. The third-order valence-corrected chi connectivity index (χ3v) is 2.66. The maximum absolute atomic E-state index is 5.70. The Kier molecular flexibility index (Phi) is 4.92. The highest BCUT2D eigenvalue weighted by Gasteiger charge is 2.03. The van der Waals surface area contributed by atoms with E-state index in [0.717, 1.165) is 37.4 Å². The summed E-state index contributed by atoms with van der Waals surface area (Å²) in [7, 11) is 0. The standard InChI is InChI=1S/C14H20N4O/c1-3-7-18-11-13(10-17-18)19-14-8-12(5-6-16-14)9-15-4-2/h5-6,8,10-11,15H,3-4,7,9H2,1-2H3. The average Bonchev–Trinajstić information content (AvgIpc) is 2.85. The second-order valence-corrected chi connectivity index (χ2v) is 4.32. The molecule has 5 heteroatoms. The quantitative estimate of drug-likeness (QED) is 0.831.